The van der Waals surface area contributed by atoms with E-state index in [0.29, 0.717) is 24.0 Å². The maximum atomic E-state index is 12.5. The predicted molar refractivity (Wildman–Crippen MR) is 124 cm³/mol. The van der Waals surface area contributed by atoms with Crippen LogP contribution in [0.25, 0.3) is 0 Å². The molecule has 1 amide bonds. The molecule has 7 nitrogen and oxygen atoms in total. The van der Waals surface area contributed by atoms with Gasteiger partial charge in [0.15, 0.2) is 18.2 Å². The Kier molecular flexibility index (Phi) is 6.35. The van der Waals surface area contributed by atoms with E-state index in [0.717, 1.165) is 5.75 Å². The minimum absolute atomic E-state index is 0.222. The number of carbonyl (C=O) groups is 1. The van der Waals surface area contributed by atoms with Crippen LogP contribution in [0, 0.1) is 6.92 Å². The summed E-state index contributed by atoms with van der Waals surface area (Å²) in [7, 11) is 0. The molecule has 2 heterocycles. The zero-order valence-corrected chi connectivity index (χ0v) is 18.5. The van der Waals surface area contributed by atoms with Crippen LogP contribution in [-0.2, 0) is 13.3 Å². The summed E-state index contributed by atoms with van der Waals surface area (Å²) in [4.78, 5) is 12.5. The summed E-state index contributed by atoms with van der Waals surface area (Å²) in [5, 5.41) is 11.5. The van der Waals surface area contributed by atoms with E-state index in [2.05, 4.69) is 60.6 Å². The molecule has 164 valence electrons. The van der Waals surface area contributed by atoms with Crippen molar-refractivity contribution in [3.8, 4) is 5.75 Å². The zero-order chi connectivity index (χ0) is 22.5. The number of ether oxygens (including phenoxy) is 1. The Labute approximate surface area is 187 Å². The third-order valence-corrected chi connectivity index (χ3v) is 5.26. The Bertz CT molecular complexity index is 1190. The van der Waals surface area contributed by atoms with Crippen molar-refractivity contribution in [1.82, 2.24) is 19.6 Å². The molecule has 2 aromatic heterocycles. The third-order valence-electron chi connectivity index (χ3n) is 5.26. The first kappa shape index (κ1) is 21.4. The standard InChI is InChI=1S/C25H27N5O2/c1-18(2)20-8-10-22(11-9-20)32-17-30-14-12-23(27-30)25(31)26-24-13-15-29(28-24)16-21-7-5-4-6-19(21)3/h4-15,18H,16-17H2,1-3H3,(H,26,28,31). The number of benzene rings is 2. The first-order valence-electron chi connectivity index (χ1n) is 10.6. The molecule has 0 unspecified atom stereocenters. The average molecular weight is 430 g/mol. The molecule has 0 spiro atoms. The number of hydrogen-bond donors (Lipinski definition) is 1. The van der Waals surface area contributed by atoms with E-state index in [-0.39, 0.29) is 12.6 Å². The van der Waals surface area contributed by atoms with Gasteiger partial charge in [-0.05, 0) is 47.7 Å². The van der Waals surface area contributed by atoms with Gasteiger partial charge in [0.2, 0.25) is 0 Å². The Morgan fingerprint density at radius 2 is 1.72 bits per heavy atom. The molecule has 2 aromatic carbocycles. The molecule has 0 saturated heterocycles. The summed E-state index contributed by atoms with van der Waals surface area (Å²) >= 11 is 0. The summed E-state index contributed by atoms with van der Waals surface area (Å²) in [6.45, 7) is 7.25. The maximum absolute atomic E-state index is 12.5. The molecule has 0 radical (unpaired) electrons. The first-order chi connectivity index (χ1) is 15.5. The van der Waals surface area contributed by atoms with Crippen LogP contribution in [0.4, 0.5) is 5.82 Å². The SMILES string of the molecule is Cc1ccccc1Cn1ccc(NC(=O)c2ccn(COc3ccc(C(C)C)cc3)n2)n1. The van der Waals surface area contributed by atoms with Crippen molar-refractivity contribution >= 4 is 11.7 Å². The van der Waals surface area contributed by atoms with Gasteiger partial charge < -0.3 is 10.1 Å². The number of rotatable bonds is 8. The highest BCUT2D eigenvalue weighted by Crippen LogP contribution is 2.19. The van der Waals surface area contributed by atoms with Crippen LogP contribution in [0.5, 0.6) is 5.75 Å². The second kappa shape index (κ2) is 9.51. The normalized spacial score (nSPS) is 11.0. The fraction of sp³-hybridized carbons (Fsp3) is 0.240. The Morgan fingerprint density at radius 3 is 2.47 bits per heavy atom. The van der Waals surface area contributed by atoms with Crippen molar-refractivity contribution in [3.05, 3.63) is 95.4 Å². The van der Waals surface area contributed by atoms with Gasteiger partial charge in [-0.25, -0.2) is 4.68 Å². The highest BCUT2D eigenvalue weighted by Gasteiger charge is 2.12. The lowest BCUT2D eigenvalue weighted by molar-refractivity contribution is 0.101. The first-order valence-corrected chi connectivity index (χ1v) is 10.6. The van der Waals surface area contributed by atoms with Crippen molar-refractivity contribution < 1.29 is 9.53 Å². The van der Waals surface area contributed by atoms with Crippen LogP contribution in [0.15, 0.2) is 73.1 Å². The van der Waals surface area contributed by atoms with Gasteiger partial charge in [0.05, 0.1) is 6.54 Å². The summed E-state index contributed by atoms with van der Waals surface area (Å²) in [5.74, 6) is 1.41. The molecule has 0 aliphatic rings. The highest BCUT2D eigenvalue weighted by molar-refractivity contribution is 6.02. The topological polar surface area (TPSA) is 74.0 Å². The molecule has 7 heteroatoms. The number of nitrogens with zero attached hydrogens (tertiary/aromatic N) is 4. The van der Waals surface area contributed by atoms with E-state index in [4.69, 9.17) is 4.74 Å². The molecule has 32 heavy (non-hydrogen) atoms. The van der Waals surface area contributed by atoms with Crippen LogP contribution in [0.2, 0.25) is 0 Å². The van der Waals surface area contributed by atoms with Gasteiger partial charge in [0, 0.05) is 18.5 Å². The second-order valence-corrected chi connectivity index (χ2v) is 8.02. The molecule has 0 saturated carbocycles. The van der Waals surface area contributed by atoms with Gasteiger partial charge in [-0.2, -0.15) is 10.2 Å². The van der Waals surface area contributed by atoms with Crippen LogP contribution in [0.3, 0.4) is 0 Å². The fourth-order valence-corrected chi connectivity index (χ4v) is 3.30. The molecular weight excluding hydrogens is 402 g/mol. The van der Waals surface area contributed by atoms with Crippen molar-refractivity contribution in [2.75, 3.05) is 5.32 Å². The molecule has 4 aromatic rings. The summed E-state index contributed by atoms with van der Waals surface area (Å²) in [6, 6.07) is 19.6. The predicted octanol–water partition coefficient (Wildman–Crippen LogP) is 4.85. The summed E-state index contributed by atoms with van der Waals surface area (Å²) in [6.07, 6.45) is 3.56. The number of nitrogens with one attached hydrogen (secondary N) is 1. The smallest absolute Gasteiger partial charge is 0.277 e. The van der Waals surface area contributed by atoms with Crippen molar-refractivity contribution in [1.29, 1.82) is 0 Å². The van der Waals surface area contributed by atoms with Crippen LogP contribution in [-0.4, -0.2) is 25.5 Å². The van der Waals surface area contributed by atoms with E-state index in [9.17, 15) is 4.79 Å². The molecule has 1 N–H and O–H groups in total. The van der Waals surface area contributed by atoms with Gasteiger partial charge >= 0.3 is 0 Å². The molecular formula is C25H27N5O2. The largest absolute Gasteiger partial charge is 0.471 e. The molecule has 4 rings (SSSR count). The lowest BCUT2D eigenvalue weighted by Gasteiger charge is -2.09. The Morgan fingerprint density at radius 1 is 0.969 bits per heavy atom. The van der Waals surface area contributed by atoms with E-state index >= 15 is 0 Å². The highest BCUT2D eigenvalue weighted by atomic mass is 16.5. The molecule has 0 atom stereocenters. The zero-order valence-electron chi connectivity index (χ0n) is 18.5. The maximum Gasteiger partial charge on any atom is 0.277 e. The number of hydrogen-bond acceptors (Lipinski definition) is 4. The summed E-state index contributed by atoms with van der Waals surface area (Å²) < 4.78 is 9.15. The Balaban J connectivity index is 1.32. The van der Waals surface area contributed by atoms with Crippen LogP contribution < -0.4 is 10.1 Å². The number of carbonyl (C=O) groups excluding carboxylic acids is 1. The number of anilines is 1. The van der Waals surface area contributed by atoms with Gasteiger partial charge in [0.1, 0.15) is 5.75 Å². The van der Waals surface area contributed by atoms with Gasteiger partial charge in [-0.15, -0.1) is 0 Å². The molecule has 0 aliphatic heterocycles. The average Bonchev–Trinajstić information content (AvgIpc) is 3.44. The minimum atomic E-state index is -0.314. The van der Waals surface area contributed by atoms with E-state index in [1.165, 1.54) is 16.7 Å². The van der Waals surface area contributed by atoms with E-state index in [1.807, 2.05) is 30.5 Å². The quantitative estimate of drug-likeness (QED) is 0.435. The molecule has 0 fully saturated rings. The number of aryl methyl sites for hydroxylation is 1. The number of aromatic nitrogens is 4. The molecule has 0 aliphatic carbocycles. The second-order valence-electron chi connectivity index (χ2n) is 8.02. The lowest BCUT2D eigenvalue weighted by Crippen LogP contribution is -2.15. The van der Waals surface area contributed by atoms with Crippen LogP contribution in [0.1, 0.15) is 46.9 Å². The van der Waals surface area contributed by atoms with Gasteiger partial charge in [-0.1, -0.05) is 50.2 Å². The number of amides is 1. The van der Waals surface area contributed by atoms with E-state index < -0.39 is 0 Å². The fourth-order valence-electron chi connectivity index (χ4n) is 3.30. The monoisotopic (exact) mass is 429 g/mol. The van der Waals surface area contributed by atoms with E-state index in [1.54, 1.807) is 27.7 Å². The third kappa shape index (κ3) is 5.24. The summed E-state index contributed by atoms with van der Waals surface area (Å²) in [5.41, 5.74) is 3.96. The van der Waals surface area contributed by atoms with Crippen molar-refractivity contribution in [3.63, 3.8) is 0 Å². The van der Waals surface area contributed by atoms with Crippen LogP contribution >= 0.6 is 0 Å². The Hall–Kier alpha value is -3.87. The minimum Gasteiger partial charge on any atom is -0.471 e. The van der Waals surface area contributed by atoms with Crippen molar-refractivity contribution in [2.24, 2.45) is 0 Å². The van der Waals surface area contributed by atoms with Crippen molar-refractivity contribution in [2.45, 2.75) is 40.0 Å². The lowest BCUT2D eigenvalue weighted by atomic mass is 10.0. The van der Waals surface area contributed by atoms with Gasteiger partial charge in [0.25, 0.3) is 5.91 Å². The van der Waals surface area contributed by atoms with Gasteiger partial charge in [-0.3, -0.25) is 9.48 Å². The molecule has 0 bridgehead atoms.